The molecule has 27 heavy (non-hydrogen) atoms. The first-order chi connectivity index (χ1) is 12.8. The van der Waals surface area contributed by atoms with Gasteiger partial charge in [-0.1, -0.05) is 41.4 Å². The Kier molecular flexibility index (Phi) is 5.90. The van der Waals surface area contributed by atoms with E-state index in [1.165, 1.54) is 24.4 Å². The van der Waals surface area contributed by atoms with E-state index in [9.17, 15) is 12.8 Å². The summed E-state index contributed by atoms with van der Waals surface area (Å²) in [5.74, 6) is -0.364. The van der Waals surface area contributed by atoms with Crippen LogP contribution in [0.15, 0.2) is 52.9 Å². The zero-order valence-corrected chi connectivity index (χ0v) is 17.1. The Morgan fingerprint density at radius 3 is 2.44 bits per heavy atom. The van der Waals surface area contributed by atoms with Gasteiger partial charge in [-0.15, -0.1) is 11.3 Å². The van der Waals surface area contributed by atoms with Crippen molar-refractivity contribution in [1.29, 1.82) is 0 Å². The minimum Gasteiger partial charge on any atom is -0.376 e. The Hall–Kier alpha value is -1.87. The summed E-state index contributed by atoms with van der Waals surface area (Å²) in [5, 5.41) is 5.12. The zero-order chi connectivity index (χ0) is 19.6. The molecule has 5 nitrogen and oxygen atoms in total. The predicted molar refractivity (Wildman–Crippen MR) is 108 cm³/mol. The van der Waals surface area contributed by atoms with E-state index < -0.39 is 16.1 Å². The third-order valence-electron chi connectivity index (χ3n) is 3.71. The number of nitrogens with zero attached hydrogens (tertiary/aromatic N) is 1. The van der Waals surface area contributed by atoms with Gasteiger partial charge in [0.15, 0.2) is 5.13 Å². The second kappa shape index (κ2) is 8.02. The van der Waals surface area contributed by atoms with Crippen LogP contribution in [0.5, 0.6) is 0 Å². The molecule has 1 atom stereocenters. The minimum atomic E-state index is -3.89. The van der Waals surface area contributed by atoms with Crippen molar-refractivity contribution in [3.8, 4) is 0 Å². The van der Waals surface area contributed by atoms with Crippen molar-refractivity contribution in [2.75, 3.05) is 10.0 Å². The van der Waals surface area contributed by atoms with Crippen LogP contribution in [-0.4, -0.2) is 13.4 Å². The number of hydrogen-bond donors (Lipinski definition) is 2. The summed E-state index contributed by atoms with van der Waals surface area (Å²) in [6.45, 7) is 1.75. The largest absolute Gasteiger partial charge is 0.376 e. The molecule has 0 saturated carbocycles. The van der Waals surface area contributed by atoms with E-state index in [-0.39, 0.29) is 25.9 Å². The van der Waals surface area contributed by atoms with Gasteiger partial charge in [-0.2, -0.15) is 0 Å². The fourth-order valence-electron chi connectivity index (χ4n) is 2.41. The molecule has 0 radical (unpaired) electrons. The Balaban J connectivity index is 1.88. The molecule has 3 aromatic rings. The number of rotatable bonds is 6. The lowest BCUT2D eigenvalue weighted by Crippen LogP contribution is -2.14. The highest BCUT2D eigenvalue weighted by Crippen LogP contribution is 2.36. The standard InChI is InChI=1S/C17H14Cl2FN3O2S2/c1-10(12-4-2-3-5-15(12)20)22-16-13(18)8-11(9-14(16)19)27(24,25)23-17-21-6-7-26-17/h2-10,22H,1H3,(H,21,23). The topological polar surface area (TPSA) is 71.1 Å². The summed E-state index contributed by atoms with van der Waals surface area (Å²) in [6, 6.07) is 8.44. The SMILES string of the molecule is CC(Nc1c(Cl)cc(S(=O)(=O)Nc2nccs2)cc1Cl)c1ccccc1F. The van der Waals surface area contributed by atoms with Crippen LogP contribution in [0.25, 0.3) is 0 Å². The highest BCUT2D eigenvalue weighted by molar-refractivity contribution is 7.93. The van der Waals surface area contributed by atoms with Crippen molar-refractivity contribution < 1.29 is 12.8 Å². The van der Waals surface area contributed by atoms with Gasteiger partial charge in [0.05, 0.1) is 26.7 Å². The van der Waals surface area contributed by atoms with E-state index in [2.05, 4.69) is 15.0 Å². The van der Waals surface area contributed by atoms with Crippen LogP contribution >= 0.6 is 34.5 Å². The molecule has 2 N–H and O–H groups in total. The monoisotopic (exact) mass is 445 g/mol. The average molecular weight is 446 g/mol. The van der Waals surface area contributed by atoms with Crippen molar-refractivity contribution in [1.82, 2.24) is 4.98 Å². The molecular weight excluding hydrogens is 432 g/mol. The molecule has 0 aliphatic carbocycles. The molecule has 0 amide bonds. The first-order valence-electron chi connectivity index (χ1n) is 7.70. The second-order valence-corrected chi connectivity index (χ2v) is 8.98. The highest BCUT2D eigenvalue weighted by Gasteiger charge is 2.21. The predicted octanol–water partition coefficient (Wildman–Crippen LogP) is 5.56. The van der Waals surface area contributed by atoms with Gasteiger partial charge in [-0.3, -0.25) is 4.72 Å². The lowest BCUT2D eigenvalue weighted by molar-refractivity contribution is 0.600. The van der Waals surface area contributed by atoms with Crippen LogP contribution in [0.3, 0.4) is 0 Å². The molecule has 1 aromatic heterocycles. The highest BCUT2D eigenvalue weighted by atomic mass is 35.5. The summed E-state index contributed by atoms with van der Waals surface area (Å²) in [7, 11) is -3.89. The Morgan fingerprint density at radius 1 is 1.19 bits per heavy atom. The number of hydrogen-bond acceptors (Lipinski definition) is 5. The van der Waals surface area contributed by atoms with Crippen LogP contribution < -0.4 is 10.0 Å². The summed E-state index contributed by atoms with van der Waals surface area (Å²) < 4.78 is 41.2. The van der Waals surface area contributed by atoms with Crippen LogP contribution in [0.2, 0.25) is 10.0 Å². The first kappa shape index (κ1) is 19.9. The maximum atomic E-state index is 13.9. The fourth-order valence-corrected chi connectivity index (χ4v) is 4.98. The number of sulfonamides is 1. The molecule has 3 rings (SSSR count). The lowest BCUT2D eigenvalue weighted by Gasteiger charge is -2.19. The maximum Gasteiger partial charge on any atom is 0.263 e. The Bertz CT molecular complexity index is 1040. The van der Waals surface area contributed by atoms with Crippen molar-refractivity contribution in [2.45, 2.75) is 17.9 Å². The fraction of sp³-hybridized carbons (Fsp3) is 0.118. The van der Waals surface area contributed by atoms with Crippen LogP contribution in [-0.2, 0) is 10.0 Å². The molecule has 10 heteroatoms. The summed E-state index contributed by atoms with van der Waals surface area (Å²) in [5.41, 5.74) is 0.758. The molecule has 0 saturated heterocycles. The van der Waals surface area contributed by atoms with Crippen molar-refractivity contribution in [3.63, 3.8) is 0 Å². The molecule has 1 heterocycles. The van der Waals surface area contributed by atoms with Gasteiger partial charge in [0.1, 0.15) is 5.82 Å². The van der Waals surface area contributed by atoms with E-state index in [1.54, 1.807) is 30.5 Å². The summed E-state index contributed by atoms with van der Waals surface area (Å²) >= 11 is 13.6. The average Bonchev–Trinajstić information content (AvgIpc) is 3.10. The van der Waals surface area contributed by atoms with E-state index in [0.717, 1.165) is 11.3 Å². The zero-order valence-electron chi connectivity index (χ0n) is 13.9. The maximum absolute atomic E-state index is 13.9. The van der Waals surface area contributed by atoms with Crippen molar-refractivity contribution in [3.05, 3.63) is 69.4 Å². The number of thiazole rings is 1. The van der Waals surface area contributed by atoms with Crippen molar-refractivity contribution in [2.24, 2.45) is 0 Å². The number of benzene rings is 2. The van der Waals surface area contributed by atoms with E-state index in [4.69, 9.17) is 23.2 Å². The molecule has 2 aromatic carbocycles. The van der Waals surface area contributed by atoms with Gasteiger partial charge in [-0.05, 0) is 25.1 Å². The van der Waals surface area contributed by atoms with Crippen molar-refractivity contribution >= 4 is 55.4 Å². The minimum absolute atomic E-state index is 0.100. The summed E-state index contributed by atoms with van der Waals surface area (Å²) in [4.78, 5) is 3.78. The number of anilines is 2. The van der Waals surface area contributed by atoms with E-state index in [0.29, 0.717) is 11.3 Å². The number of halogens is 3. The quantitative estimate of drug-likeness (QED) is 0.520. The normalized spacial score (nSPS) is 12.6. The molecule has 0 bridgehead atoms. The molecule has 1 unspecified atom stereocenters. The molecular formula is C17H14Cl2FN3O2S2. The van der Waals surface area contributed by atoms with Gasteiger partial charge < -0.3 is 5.32 Å². The molecule has 142 valence electrons. The summed E-state index contributed by atoms with van der Waals surface area (Å²) in [6.07, 6.45) is 1.49. The third-order valence-corrected chi connectivity index (χ3v) is 6.44. The lowest BCUT2D eigenvalue weighted by atomic mass is 10.1. The molecule has 0 spiro atoms. The van der Waals surface area contributed by atoms with Gasteiger partial charge in [0.2, 0.25) is 0 Å². The number of aromatic nitrogens is 1. The molecule has 0 fully saturated rings. The van der Waals surface area contributed by atoms with Crippen LogP contribution in [0.1, 0.15) is 18.5 Å². The van der Waals surface area contributed by atoms with E-state index >= 15 is 0 Å². The first-order valence-corrected chi connectivity index (χ1v) is 10.8. The van der Waals surface area contributed by atoms with Gasteiger partial charge in [-0.25, -0.2) is 17.8 Å². The van der Waals surface area contributed by atoms with Gasteiger partial charge >= 0.3 is 0 Å². The molecule has 0 aliphatic heterocycles. The smallest absolute Gasteiger partial charge is 0.263 e. The Labute approximate surface area is 170 Å². The Morgan fingerprint density at radius 2 is 1.85 bits per heavy atom. The van der Waals surface area contributed by atoms with Crippen LogP contribution in [0.4, 0.5) is 15.2 Å². The van der Waals surface area contributed by atoms with Crippen LogP contribution in [0, 0.1) is 5.82 Å². The molecule has 0 aliphatic rings. The third kappa shape index (κ3) is 4.52. The number of nitrogens with one attached hydrogen (secondary N) is 2. The van der Waals surface area contributed by atoms with Gasteiger partial charge in [0, 0.05) is 17.1 Å². The second-order valence-electron chi connectivity index (χ2n) is 5.59. The van der Waals surface area contributed by atoms with E-state index in [1.807, 2.05) is 0 Å². The van der Waals surface area contributed by atoms with Gasteiger partial charge in [0.25, 0.3) is 10.0 Å².